The molecule has 2 heteroatoms. The van der Waals surface area contributed by atoms with Gasteiger partial charge in [-0.2, -0.15) is 0 Å². The van der Waals surface area contributed by atoms with Crippen LogP contribution in [0, 0.1) is 20.8 Å². The van der Waals surface area contributed by atoms with Crippen molar-refractivity contribution in [2.45, 2.75) is 27.2 Å². The SMILES string of the molecule is Cc1cc(C)c2c(-c3ncc[nH]3)c(Cc3ccccc3)ccc2c1C. The first-order chi connectivity index (χ1) is 12.1. The van der Waals surface area contributed by atoms with Crippen LogP contribution in [0.2, 0.25) is 0 Å². The summed E-state index contributed by atoms with van der Waals surface area (Å²) in [4.78, 5) is 7.90. The van der Waals surface area contributed by atoms with E-state index in [0.29, 0.717) is 0 Å². The van der Waals surface area contributed by atoms with Crippen LogP contribution in [0.5, 0.6) is 0 Å². The number of benzene rings is 3. The Kier molecular flexibility index (Phi) is 3.89. The fourth-order valence-corrected chi connectivity index (χ4v) is 3.72. The zero-order chi connectivity index (χ0) is 17.4. The van der Waals surface area contributed by atoms with E-state index in [1.807, 2.05) is 12.4 Å². The summed E-state index contributed by atoms with van der Waals surface area (Å²) < 4.78 is 0. The fourth-order valence-electron chi connectivity index (χ4n) is 3.72. The number of hydrogen-bond acceptors (Lipinski definition) is 1. The number of nitrogens with zero attached hydrogens (tertiary/aromatic N) is 1. The predicted octanol–water partition coefficient (Wildman–Crippen LogP) is 5.75. The normalized spacial score (nSPS) is 11.2. The molecule has 0 unspecified atom stereocenters. The van der Waals surface area contributed by atoms with Crippen molar-refractivity contribution < 1.29 is 0 Å². The van der Waals surface area contributed by atoms with Crippen molar-refractivity contribution in [1.29, 1.82) is 0 Å². The molecule has 0 bridgehead atoms. The summed E-state index contributed by atoms with van der Waals surface area (Å²) in [7, 11) is 0. The van der Waals surface area contributed by atoms with Crippen LogP contribution in [-0.2, 0) is 6.42 Å². The van der Waals surface area contributed by atoms with Crippen LogP contribution in [0.4, 0.5) is 0 Å². The molecule has 1 heterocycles. The average molecular weight is 326 g/mol. The second-order valence-electron chi connectivity index (χ2n) is 6.76. The molecule has 0 aliphatic rings. The number of nitrogens with one attached hydrogen (secondary N) is 1. The Balaban J connectivity index is 2.02. The van der Waals surface area contributed by atoms with Crippen LogP contribution >= 0.6 is 0 Å². The van der Waals surface area contributed by atoms with E-state index in [0.717, 1.165) is 12.2 Å². The van der Waals surface area contributed by atoms with Gasteiger partial charge in [-0.15, -0.1) is 0 Å². The number of imidazole rings is 1. The molecule has 0 radical (unpaired) electrons. The quantitative estimate of drug-likeness (QED) is 0.510. The van der Waals surface area contributed by atoms with Gasteiger partial charge in [-0.3, -0.25) is 0 Å². The van der Waals surface area contributed by atoms with Crippen molar-refractivity contribution in [3.05, 3.63) is 88.7 Å². The van der Waals surface area contributed by atoms with E-state index in [4.69, 9.17) is 0 Å². The molecule has 0 fully saturated rings. The molecule has 124 valence electrons. The summed E-state index contributed by atoms with van der Waals surface area (Å²) in [6.07, 6.45) is 4.63. The standard InChI is InChI=1S/C23H22N2/c1-15-13-16(2)21-20(17(15)3)10-9-19(14-18-7-5-4-6-8-18)22(21)23-24-11-12-25-23/h4-13H,14H2,1-3H3,(H,24,25). The topological polar surface area (TPSA) is 28.7 Å². The number of aromatic amines is 1. The molecule has 0 atom stereocenters. The van der Waals surface area contributed by atoms with Gasteiger partial charge in [0, 0.05) is 18.0 Å². The van der Waals surface area contributed by atoms with E-state index in [1.165, 1.54) is 44.2 Å². The number of aryl methyl sites for hydroxylation is 3. The first-order valence-electron chi connectivity index (χ1n) is 8.71. The van der Waals surface area contributed by atoms with Crippen LogP contribution < -0.4 is 0 Å². The Bertz CT molecular complexity index is 1030. The minimum atomic E-state index is 0.902. The van der Waals surface area contributed by atoms with Gasteiger partial charge in [0.15, 0.2) is 0 Å². The zero-order valence-corrected chi connectivity index (χ0v) is 14.9. The maximum Gasteiger partial charge on any atom is 0.138 e. The number of hydrogen-bond donors (Lipinski definition) is 1. The smallest absolute Gasteiger partial charge is 0.138 e. The lowest BCUT2D eigenvalue weighted by Gasteiger charge is -2.17. The molecule has 2 nitrogen and oxygen atoms in total. The van der Waals surface area contributed by atoms with Crippen LogP contribution in [0.15, 0.2) is 60.9 Å². The summed E-state index contributed by atoms with van der Waals surface area (Å²) in [5.41, 5.74) is 7.84. The summed E-state index contributed by atoms with van der Waals surface area (Å²) >= 11 is 0. The highest BCUT2D eigenvalue weighted by atomic mass is 14.9. The van der Waals surface area contributed by atoms with Crippen LogP contribution in [-0.4, -0.2) is 9.97 Å². The van der Waals surface area contributed by atoms with Crippen molar-refractivity contribution in [2.24, 2.45) is 0 Å². The van der Waals surface area contributed by atoms with Crippen LogP contribution in [0.3, 0.4) is 0 Å². The van der Waals surface area contributed by atoms with Gasteiger partial charge in [0.1, 0.15) is 5.82 Å². The Morgan fingerprint density at radius 3 is 2.44 bits per heavy atom. The molecule has 4 rings (SSSR count). The number of rotatable bonds is 3. The monoisotopic (exact) mass is 326 g/mol. The first kappa shape index (κ1) is 15.6. The van der Waals surface area contributed by atoms with E-state index in [-0.39, 0.29) is 0 Å². The van der Waals surface area contributed by atoms with E-state index in [1.54, 1.807) is 0 Å². The van der Waals surface area contributed by atoms with Crippen molar-refractivity contribution in [3.8, 4) is 11.4 Å². The van der Waals surface area contributed by atoms with Crippen LogP contribution in [0.25, 0.3) is 22.2 Å². The molecule has 3 aromatic carbocycles. The average Bonchev–Trinajstić information content (AvgIpc) is 3.14. The summed E-state index contributed by atoms with van der Waals surface area (Å²) in [6.45, 7) is 6.60. The molecule has 1 N–H and O–H groups in total. The molecule has 0 aliphatic carbocycles. The lowest BCUT2D eigenvalue weighted by Crippen LogP contribution is -1.98. The molecule has 4 aromatic rings. The highest BCUT2D eigenvalue weighted by Gasteiger charge is 2.16. The fraction of sp³-hybridized carbons (Fsp3) is 0.174. The van der Waals surface area contributed by atoms with Gasteiger partial charge < -0.3 is 4.98 Å². The Morgan fingerprint density at radius 1 is 0.920 bits per heavy atom. The molecular weight excluding hydrogens is 304 g/mol. The second-order valence-corrected chi connectivity index (χ2v) is 6.76. The van der Waals surface area contributed by atoms with Crippen molar-refractivity contribution >= 4 is 10.8 Å². The van der Waals surface area contributed by atoms with E-state index < -0.39 is 0 Å². The molecule has 0 spiro atoms. The van der Waals surface area contributed by atoms with E-state index in [2.05, 4.69) is 79.3 Å². The summed E-state index contributed by atoms with van der Waals surface area (Å²) in [5.74, 6) is 0.947. The van der Waals surface area contributed by atoms with Crippen LogP contribution in [0.1, 0.15) is 27.8 Å². The first-order valence-corrected chi connectivity index (χ1v) is 8.71. The molecular formula is C23H22N2. The molecule has 0 aliphatic heterocycles. The highest BCUT2D eigenvalue weighted by Crippen LogP contribution is 2.36. The van der Waals surface area contributed by atoms with Gasteiger partial charge in [-0.25, -0.2) is 4.98 Å². The van der Waals surface area contributed by atoms with Gasteiger partial charge in [0.05, 0.1) is 0 Å². The highest BCUT2D eigenvalue weighted by molar-refractivity contribution is 6.01. The van der Waals surface area contributed by atoms with Gasteiger partial charge in [0.25, 0.3) is 0 Å². The van der Waals surface area contributed by atoms with Gasteiger partial charge >= 0.3 is 0 Å². The zero-order valence-electron chi connectivity index (χ0n) is 14.9. The van der Waals surface area contributed by atoms with Crippen molar-refractivity contribution in [2.75, 3.05) is 0 Å². The molecule has 0 saturated heterocycles. The van der Waals surface area contributed by atoms with Crippen molar-refractivity contribution in [1.82, 2.24) is 9.97 Å². The molecule has 1 aromatic heterocycles. The number of H-pyrrole nitrogens is 1. The predicted molar refractivity (Wildman–Crippen MR) is 105 cm³/mol. The summed E-state index contributed by atoms with van der Waals surface area (Å²) in [6, 6.07) is 17.5. The lowest BCUT2D eigenvalue weighted by atomic mass is 9.88. The minimum absolute atomic E-state index is 0.902. The third-order valence-corrected chi connectivity index (χ3v) is 5.09. The molecule has 0 saturated carbocycles. The van der Waals surface area contributed by atoms with Crippen molar-refractivity contribution in [3.63, 3.8) is 0 Å². The Morgan fingerprint density at radius 2 is 1.72 bits per heavy atom. The Hall–Kier alpha value is -2.87. The third-order valence-electron chi connectivity index (χ3n) is 5.09. The van der Waals surface area contributed by atoms with Gasteiger partial charge in [-0.05, 0) is 65.8 Å². The van der Waals surface area contributed by atoms with Gasteiger partial charge in [0.2, 0.25) is 0 Å². The van der Waals surface area contributed by atoms with Gasteiger partial charge in [-0.1, -0.05) is 48.5 Å². The third kappa shape index (κ3) is 2.74. The maximum atomic E-state index is 4.58. The largest absolute Gasteiger partial charge is 0.345 e. The molecule has 0 amide bonds. The number of fused-ring (bicyclic) bond motifs is 1. The second kappa shape index (κ2) is 6.21. The maximum absolute atomic E-state index is 4.58. The van der Waals surface area contributed by atoms with E-state index in [9.17, 15) is 0 Å². The minimum Gasteiger partial charge on any atom is -0.345 e. The number of aromatic nitrogens is 2. The molecule has 25 heavy (non-hydrogen) atoms. The lowest BCUT2D eigenvalue weighted by molar-refractivity contribution is 1.18. The Labute approximate surface area is 148 Å². The van der Waals surface area contributed by atoms with E-state index >= 15 is 0 Å². The summed E-state index contributed by atoms with van der Waals surface area (Å²) in [5, 5.41) is 2.63.